The first-order chi connectivity index (χ1) is 6.46. The Morgan fingerprint density at radius 3 is 2.43 bits per heavy atom. The van der Waals surface area contributed by atoms with Crippen LogP contribution in [0.15, 0.2) is 0 Å². The summed E-state index contributed by atoms with van der Waals surface area (Å²) in [5, 5.41) is 0. The van der Waals surface area contributed by atoms with Crippen LogP contribution in [0.3, 0.4) is 0 Å². The number of alkyl halides is 1. The van der Waals surface area contributed by atoms with Gasteiger partial charge in [0.05, 0.1) is 0 Å². The quantitative estimate of drug-likeness (QED) is 0.681. The maximum absolute atomic E-state index is 13.5. The highest BCUT2D eigenvalue weighted by Gasteiger charge is 2.38. The van der Waals surface area contributed by atoms with Crippen molar-refractivity contribution in [2.45, 2.75) is 58.5 Å². The fourth-order valence-corrected chi connectivity index (χ4v) is 2.48. The predicted molar refractivity (Wildman–Crippen MR) is 55.9 cm³/mol. The molecule has 0 aliphatic heterocycles. The maximum Gasteiger partial charge on any atom is 0.172 e. The summed E-state index contributed by atoms with van der Waals surface area (Å²) >= 11 is 0. The second kappa shape index (κ2) is 4.41. The molecular weight excluding hydrogens is 179 g/mol. The summed E-state index contributed by atoms with van der Waals surface area (Å²) in [5.41, 5.74) is -1.64. The lowest BCUT2D eigenvalue weighted by molar-refractivity contribution is -0.135. The summed E-state index contributed by atoms with van der Waals surface area (Å²) in [6.07, 6.45) is 5.29. The lowest BCUT2D eigenvalue weighted by atomic mass is 9.73. The molecule has 0 amide bonds. The fourth-order valence-electron chi connectivity index (χ4n) is 2.48. The Bertz CT molecular complexity index is 205. The molecule has 1 saturated carbocycles. The Hall–Kier alpha value is -0.400. The van der Waals surface area contributed by atoms with E-state index in [2.05, 4.69) is 6.92 Å². The summed E-state index contributed by atoms with van der Waals surface area (Å²) in [7, 11) is 0. The summed E-state index contributed by atoms with van der Waals surface area (Å²) in [5.74, 6) is 0.226. The maximum atomic E-state index is 13.5. The molecule has 1 rings (SSSR count). The average molecular weight is 200 g/mol. The highest BCUT2D eigenvalue weighted by molar-refractivity contribution is 5.88. The standard InChI is InChI=1S/C12H21FO/c1-4-9-7-5-6-8-10(9)11(14)12(2,3)13/h9-10H,4-8H2,1-3H3. The molecule has 0 radical (unpaired) electrons. The highest BCUT2D eigenvalue weighted by atomic mass is 19.1. The lowest BCUT2D eigenvalue weighted by Crippen LogP contribution is -2.38. The summed E-state index contributed by atoms with van der Waals surface area (Å²) in [6, 6.07) is 0. The third-order valence-corrected chi connectivity index (χ3v) is 3.36. The lowest BCUT2D eigenvalue weighted by Gasteiger charge is -2.32. The van der Waals surface area contributed by atoms with E-state index in [-0.39, 0.29) is 11.7 Å². The number of hydrogen-bond donors (Lipinski definition) is 0. The topological polar surface area (TPSA) is 17.1 Å². The van der Waals surface area contributed by atoms with Crippen LogP contribution in [0.1, 0.15) is 52.9 Å². The van der Waals surface area contributed by atoms with Crippen LogP contribution in [0.4, 0.5) is 4.39 Å². The van der Waals surface area contributed by atoms with Gasteiger partial charge in [-0.05, 0) is 32.6 Å². The molecule has 82 valence electrons. The number of carbonyl (C=O) groups excluding carboxylic acids is 1. The Labute approximate surface area is 86.1 Å². The fraction of sp³-hybridized carbons (Fsp3) is 0.917. The molecule has 14 heavy (non-hydrogen) atoms. The van der Waals surface area contributed by atoms with Gasteiger partial charge in [0.2, 0.25) is 0 Å². The molecule has 1 aliphatic carbocycles. The molecule has 0 heterocycles. The molecule has 0 spiro atoms. The molecule has 0 aromatic heterocycles. The van der Waals surface area contributed by atoms with Gasteiger partial charge in [-0.1, -0.05) is 26.2 Å². The van der Waals surface area contributed by atoms with Crippen LogP contribution in [-0.4, -0.2) is 11.5 Å². The van der Waals surface area contributed by atoms with Crippen molar-refractivity contribution in [1.29, 1.82) is 0 Å². The van der Waals surface area contributed by atoms with Crippen molar-refractivity contribution in [2.24, 2.45) is 11.8 Å². The van der Waals surface area contributed by atoms with Crippen molar-refractivity contribution in [2.75, 3.05) is 0 Å². The molecule has 2 atom stereocenters. The van der Waals surface area contributed by atoms with E-state index in [1.807, 2.05) is 0 Å². The van der Waals surface area contributed by atoms with Gasteiger partial charge in [0.1, 0.15) is 0 Å². The second-order valence-corrected chi connectivity index (χ2v) is 4.90. The molecule has 0 saturated heterocycles. The zero-order valence-corrected chi connectivity index (χ0v) is 9.48. The SMILES string of the molecule is CCC1CCCCC1C(=O)C(C)(C)F. The number of Topliss-reactive ketones (excluding diaryl/α,β-unsaturated/α-hetero) is 1. The van der Waals surface area contributed by atoms with E-state index in [1.54, 1.807) is 0 Å². The van der Waals surface area contributed by atoms with Gasteiger partial charge in [0, 0.05) is 5.92 Å². The van der Waals surface area contributed by atoms with Crippen molar-refractivity contribution in [3.8, 4) is 0 Å². The summed E-state index contributed by atoms with van der Waals surface area (Å²) in [6.45, 7) is 4.87. The van der Waals surface area contributed by atoms with E-state index in [1.165, 1.54) is 20.3 Å². The molecule has 0 N–H and O–H groups in total. The monoisotopic (exact) mass is 200 g/mol. The highest BCUT2D eigenvalue weighted by Crippen LogP contribution is 2.35. The minimum Gasteiger partial charge on any atom is -0.296 e. The Kier molecular flexibility index (Phi) is 3.68. The first kappa shape index (κ1) is 11.7. The van der Waals surface area contributed by atoms with Crippen LogP contribution >= 0.6 is 0 Å². The van der Waals surface area contributed by atoms with E-state index in [0.29, 0.717) is 5.92 Å². The molecule has 2 heteroatoms. The zero-order chi connectivity index (χ0) is 10.8. The number of ketones is 1. The minimum absolute atomic E-state index is 0.0197. The van der Waals surface area contributed by atoms with E-state index in [9.17, 15) is 9.18 Å². The predicted octanol–water partition coefficient (Wildman–Crippen LogP) is 3.52. The van der Waals surface area contributed by atoms with Crippen LogP contribution in [-0.2, 0) is 4.79 Å². The van der Waals surface area contributed by atoms with Crippen LogP contribution in [0.25, 0.3) is 0 Å². The third-order valence-electron chi connectivity index (χ3n) is 3.36. The smallest absolute Gasteiger partial charge is 0.172 e. The molecule has 0 aromatic carbocycles. The van der Waals surface area contributed by atoms with Crippen LogP contribution in [0.2, 0.25) is 0 Å². The Morgan fingerprint density at radius 1 is 1.36 bits per heavy atom. The molecule has 1 nitrogen and oxygen atoms in total. The van der Waals surface area contributed by atoms with Crippen LogP contribution in [0, 0.1) is 11.8 Å². The normalized spacial score (nSPS) is 28.9. The van der Waals surface area contributed by atoms with Gasteiger partial charge in [-0.15, -0.1) is 0 Å². The number of carbonyl (C=O) groups is 1. The largest absolute Gasteiger partial charge is 0.296 e. The number of rotatable bonds is 3. The molecular formula is C12H21FO. The molecule has 1 aliphatic rings. The zero-order valence-electron chi connectivity index (χ0n) is 9.48. The van der Waals surface area contributed by atoms with Crippen molar-refractivity contribution < 1.29 is 9.18 Å². The van der Waals surface area contributed by atoms with Gasteiger partial charge in [-0.25, -0.2) is 4.39 Å². The van der Waals surface area contributed by atoms with E-state index in [0.717, 1.165) is 25.7 Å². The first-order valence-corrected chi connectivity index (χ1v) is 5.70. The van der Waals surface area contributed by atoms with E-state index < -0.39 is 5.67 Å². The van der Waals surface area contributed by atoms with Gasteiger partial charge in [-0.3, -0.25) is 4.79 Å². The van der Waals surface area contributed by atoms with Gasteiger partial charge in [0.15, 0.2) is 11.5 Å². The van der Waals surface area contributed by atoms with Crippen LogP contribution in [0.5, 0.6) is 0 Å². The van der Waals surface area contributed by atoms with Gasteiger partial charge in [0.25, 0.3) is 0 Å². The van der Waals surface area contributed by atoms with E-state index in [4.69, 9.17) is 0 Å². The van der Waals surface area contributed by atoms with Crippen molar-refractivity contribution in [1.82, 2.24) is 0 Å². The molecule has 0 aromatic rings. The molecule has 1 fully saturated rings. The van der Waals surface area contributed by atoms with Gasteiger partial charge in [-0.2, -0.15) is 0 Å². The van der Waals surface area contributed by atoms with Crippen LogP contribution < -0.4 is 0 Å². The second-order valence-electron chi connectivity index (χ2n) is 4.90. The molecule has 2 unspecified atom stereocenters. The third kappa shape index (κ3) is 2.55. The first-order valence-electron chi connectivity index (χ1n) is 5.70. The van der Waals surface area contributed by atoms with Crippen molar-refractivity contribution in [3.63, 3.8) is 0 Å². The van der Waals surface area contributed by atoms with Gasteiger partial charge < -0.3 is 0 Å². The van der Waals surface area contributed by atoms with Gasteiger partial charge >= 0.3 is 0 Å². The molecule has 0 bridgehead atoms. The number of halogens is 1. The Balaban J connectivity index is 2.69. The summed E-state index contributed by atoms with van der Waals surface area (Å²) < 4.78 is 13.5. The minimum atomic E-state index is -1.64. The number of hydrogen-bond acceptors (Lipinski definition) is 1. The Morgan fingerprint density at radius 2 is 1.93 bits per heavy atom. The van der Waals surface area contributed by atoms with E-state index >= 15 is 0 Å². The van der Waals surface area contributed by atoms with Crippen molar-refractivity contribution in [3.05, 3.63) is 0 Å². The average Bonchev–Trinajstić information content (AvgIpc) is 2.15. The van der Waals surface area contributed by atoms with Crippen molar-refractivity contribution >= 4 is 5.78 Å². The summed E-state index contributed by atoms with van der Waals surface area (Å²) in [4.78, 5) is 11.8.